The van der Waals surface area contributed by atoms with Gasteiger partial charge in [-0.25, -0.2) is 33.4 Å². The first-order chi connectivity index (χ1) is 15.8. The Balaban J connectivity index is 1.95. The maximum Gasteiger partial charge on any atom is 0.323 e. The normalized spacial score (nSPS) is 18.1. The molecule has 1 aromatic carbocycles. The molecule has 2 aliphatic rings. The van der Waals surface area contributed by atoms with Crippen LogP contribution in [0, 0.1) is 0 Å². The van der Waals surface area contributed by atoms with Gasteiger partial charge < -0.3 is 21.9 Å². The van der Waals surface area contributed by atoms with E-state index in [1.165, 1.54) is 23.2 Å². The van der Waals surface area contributed by atoms with Crippen LogP contribution in [-0.4, -0.2) is 60.9 Å². The number of carbonyl (C=O) groups is 1. The molecular formula is C18H23N9O4S2. The predicted octanol–water partition coefficient (Wildman–Crippen LogP) is -1.91. The van der Waals surface area contributed by atoms with E-state index in [2.05, 4.69) is 26.1 Å². The van der Waals surface area contributed by atoms with Gasteiger partial charge in [0, 0.05) is 37.9 Å². The number of rotatable bonds is 6. The Hall–Kier alpha value is -3.11. The average Bonchev–Trinajstić information content (AvgIpc) is 3.18. The second kappa shape index (κ2) is 9.03. The van der Waals surface area contributed by atoms with E-state index in [-0.39, 0.29) is 40.3 Å². The summed E-state index contributed by atoms with van der Waals surface area (Å²) in [7, 11) is -6.09. The number of anilines is 1. The number of hydrazine groups is 1. The fraction of sp³-hybridized carbons (Fsp3) is 0.278. The Morgan fingerprint density at radius 1 is 1.30 bits per heavy atom. The number of benzene rings is 1. The third kappa shape index (κ3) is 4.04. The summed E-state index contributed by atoms with van der Waals surface area (Å²) in [6.45, 7) is 1.46. The maximum atomic E-state index is 13.2. The zero-order chi connectivity index (χ0) is 23.8. The van der Waals surface area contributed by atoms with Gasteiger partial charge in [0.25, 0.3) is 0 Å². The van der Waals surface area contributed by atoms with Crippen molar-refractivity contribution in [3.8, 4) is 11.1 Å². The number of urea groups is 1. The topological polar surface area (TPSA) is 211 Å². The van der Waals surface area contributed by atoms with Crippen molar-refractivity contribution in [3.63, 3.8) is 0 Å². The van der Waals surface area contributed by atoms with E-state index in [0.717, 1.165) is 0 Å². The zero-order valence-electron chi connectivity index (χ0n) is 17.3. The molecule has 0 bridgehead atoms. The van der Waals surface area contributed by atoms with Crippen molar-refractivity contribution in [3.05, 3.63) is 36.0 Å². The van der Waals surface area contributed by atoms with Gasteiger partial charge in [0.2, 0.25) is 0 Å². The van der Waals surface area contributed by atoms with Crippen LogP contribution >= 0.6 is 0 Å². The van der Waals surface area contributed by atoms with Crippen LogP contribution in [0.2, 0.25) is 0 Å². The minimum atomic E-state index is -3.85. The van der Waals surface area contributed by atoms with Crippen LogP contribution in [0.15, 0.2) is 45.4 Å². The number of hydrogen-bond donors (Lipinski definition) is 6. The number of carbonyl (C=O) groups excluding carboxylic acids is 1. The van der Waals surface area contributed by atoms with E-state index in [1.807, 2.05) is 0 Å². The summed E-state index contributed by atoms with van der Waals surface area (Å²) in [5.41, 5.74) is 3.34. The number of amides is 2. The van der Waals surface area contributed by atoms with E-state index in [1.54, 1.807) is 12.1 Å². The third-order valence-corrected chi connectivity index (χ3v) is 8.62. The van der Waals surface area contributed by atoms with Crippen molar-refractivity contribution in [1.29, 1.82) is 0 Å². The summed E-state index contributed by atoms with van der Waals surface area (Å²) in [5, 5.41) is 14.3. The molecule has 2 amide bonds. The highest BCUT2D eigenvalue weighted by Gasteiger charge is 2.37. The molecule has 3 heterocycles. The number of pyridine rings is 1. The maximum absolute atomic E-state index is 13.2. The third-order valence-electron chi connectivity index (χ3n) is 5.50. The summed E-state index contributed by atoms with van der Waals surface area (Å²) in [6, 6.07) is 5.90. The van der Waals surface area contributed by atoms with Gasteiger partial charge in [0.1, 0.15) is 16.8 Å². The monoisotopic (exact) mass is 493 g/mol. The molecule has 0 radical (unpaired) electrons. The first-order valence-corrected chi connectivity index (χ1v) is 12.6. The van der Waals surface area contributed by atoms with Gasteiger partial charge in [-0.3, -0.25) is 4.90 Å². The van der Waals surface area contributed by atoms with Gasteiger partial charge in [0.15, 0.2) is 15.7 Å². The highest BCUT2D eigenvalue weighted by molar-refractivity contribution is 7.93. The molecule has 4 rings (SSSR count). The lowest BCUT2D eigenvalue weighted by Crippen LogP contribution is -2.51. The smallest absolute Gasteiger partial charge is 0.323 e. The standard InChI is InChI=1S/C18H23N9O4S2/c19-25-17(26-20)15-12(10-3-4-23-14(7-10)27-6-5-24-18(27)28)1-2-13(16(15)32(21)29)33(30,31)11-8-22-9-11/h1-4,7,11,22H,5-6,8-9,19-21H2,(H,24,28)(H,25,26). The predicted molar refractivity (Wildman–Crippen MR) is 123 cm³/mol. The second-order valence-electron chi connectivity index (χ2n) is 7.35. The Morgan fingerprint density at radius 2 is 2.06 bits per heavy atom. The Morgan fingerprint density at radius 3 is 2.61 bits per heavy atom. The van der Waals surface area contributed by atoms with Crippen LogP contribution in [0.3, 0.4) is 0 Å². The van der Waals surface area contributed by atoms with Crippen LogP contribution in [0.1, 0.15) is 5.56 Å². The molecule has 2 fully saturated rings. The van der Waals surface area contributed by atoms with Crippen LogP contribution in [0.5, 0.6) is 0 Å². The van der Waals surface area contributed by atoms with Crippen molar-refractivity contribution >= 4 is 38.5 Å². The largest absolute Gasteiger partial charge is 0.336 e. The Kier molecular flexibility index (Phi) is 6.31. The molecule has 1 atom stereocenters. The minimum absolute atomic E-state index is 0.0808. The summed E-state index contributed by atoms with van der Waals surface area (Å²) < 4.78 is 39.1. The zero-order valence-corrected chi connectivity index (χ0v) is 18.9. The van der Waals surface area contributed by atoms with Crippen LogP contribution in [0.25, 0.3) is 11.1 Å². The second-order valence-corrected chi connectivity index (χ2v) is 10.5. The molecule has 0 aliphatic carbocycles. The molecule has 2 aliphatic heterocycles. The average molecular weight is 494 g/mol. The summed E-state index contributed by atoms with van der Waals surface area (Å²) in [6.07, 6.45) is 1.50. The number of nitrogens with one attached hydrogen (secondary N) is 3. The van der Waals surface area contributed by atoms with Crippen molar-refractivity contribution in [2.24, 2.45) is 21.9 Å². The van der Waals surface area contributed by atoms with Gasteiger partial charge in [-0.15, -0.1) is 0 Å². The fourth-order valence-electron chi connectivity index (χ4n) is 3.72. The van der Waals surface area contributed by atoms with E-state index in [0.29, 0.717) is 30.0 Å². The van der Waals surface area contributed by atoms with E-state index in [9.17, 15) is 17.4 Å². The Bertz CT molecular complexity index is 1260. The van der Waals surface area contributed by atoms with Gasteiger partial charge in [0.05, 0.1) is 15.0 Å². The first-order valence-electron chi connectivity index (χ1n) is 9.84. The number of hydrazone groups is 1. The molecule has 2 saturated heterocycles. The number of nitrogens with two attached hydrogens (primary N) is 3. The summed E-state index contributed by atoms with van der Waals surface area (Å²) in [4.78, 5) is 17.4. The van der Waals surface area contributed by atoms with Crippen LogP contribution in [0.4, 0.5) is 10.6 Å². The van der Waals surface area contributed by atoms with E-state index >= 15 is 0 Å². The van der Waals surface area contributed by atoms with Gasteiger partial charge in [-0.1, -0.05) is 6.07 Å². The fourth-order valence-corrected chi connectivity index (χ4v) is 6.64. The van der Waals surface area contributed by atoms with Gasteiger partial charge in [-0.2, -0.15) is 5.10 Å². The van der Waals surface area contributed by atoms with Crippen LogP contribution in [-0.2, 0) is 20.8 Å². The summed E-state index contributed by atoms with van der Waals surface area (Å²) in [5.74, 6) is 11.4. The lowest BCUT2D eigenvalue weighted by molar-refractivity contribution is 0.252. The number of aromatic nitrogens is 1. The summed E-state index contributed by atoms with van der Waals surface area (Å²) >= 11 is 0. The number of nitrogens with zero attached hydrogens (tertiary/aromatic N) is 3. The Labute approximate surface area is 192 Å². The molecule has 176 valence electrons. The number of hydrogen-bond acceptors (Lipinski definition) is 9. The molecule has 13 nitrogen and oxygen atoms in total. The van der Waals surface area contributed by atoms with E-state index in [4.69, 9.17) is 16.8 Å². The highest BCUT2D eigenvalue weighted by Crippen LogP contribution is 2.35. The lowest BCUT2D eigenvalue weighted by atomic mass is 9.99. The molecule has 0 saturated carbocycles. The molecular weight excluding hydrogens is 470 g/mol. The van der Waals surface area contributed by atoms with E-state index < -0.39 is 26.1 Å². The van der Waals surface area contributed by atoms with Gasteiger partial charge in [-0.05, 0) is 29.3 Å². The molecule has 15 heteroatoms. The molecule has 0 spiro atoms. The highest BCUT2D eigenvalue weighted by atomic mass is 32.2. The molecule has 1 aromatic heterocycles. The van der Waals surface area contributed by atoms with Crippen molar-refractivity contribution in [2.75, 3.05) is 31.1 Å². The molecule has 9 N–H and O–H groups in total. The molecule has 1 unspecified atom stereocenters. The lowest BCUT2D eigenvalue weighted by Gasteiger charge is -2.28. The number of sulfone groups is 1. The first kappa shape index (κ1) is 23.1. The minimum Gasteiger partial charge on any atom is -0.336 e. The quantitative estimate of drug-likeness (QED) is 0.114. The molecule has 33 heavy (non-hydrogen) atoms. The SMILES string of the molecule is N/N=C(\NN)c1c(-c2ccnc(N3CCNC3=O)c2)ccc(S(=O)(=O)C2CNC2)c1S(N)=O. The number of amidine groups is 1. The molecule has 2 aromatic rings. The van der Waals surface area contributed by atoms with Crippen molar-refractivity contribution in [2.45, 2.75) is 15.0 Å². The van der Waals surface area contributed by atoms with Crippen LogP contribution < -0.4 is 37.8 Å². The van der Waals surface area contributed by atoms with Gasteiger partial charge >= 0.3 is 6.03 Å². The van der Waals surface area contributed by atoms with Crippen molar-refractivity contribution < 1.29 is 17.4 Å². The van der Waals surface area contributed by atoms with Crippen molar-refractivity contribution in [1.82, 2.24) is 21.0 Å².